The average molecular weight is 360 g/mol. The Kier molecular flexibility index (Phi) is 7.59. The van der Waals surface area contributed by atoms with Gasteiger partial charge in [-0.25, -0.2) is 0 Å². The topological polar surface area (TPSA) is 83.0 Å². The van der Waals surface area contributed by atoms with Gasteiger partial charge in [0.25, 0.3) is 11.8 Å². The molecule has 142 valence electrons. The summed E-state index contributed by atoms with van der Waals surface area (Å²) in [7, 11) is 1.69. The number of hydrogen-bond acceptors (Lipinski definition) is 4. The molecule has 2 rings (SSSR count). The normalized spacial score (nSPS) is 14.2. The maximum atomic E-state index is 12.3. The van der Waals surface area contributed by atoms with E-state index in [2.05, 4.69) is 29.5 Å². The molecule has 0 radical (unpaired) electrons. The zero-order valence-corrected chi connectivity index (χ0v) is 15.7. The van der Waals surface area contributed by atoms with Crippen LogP contribution >= 0.6 is 0 Å². The van der Waals surface area contributed by atoms with Gasteiger partial charge in [-0.3, -0.25) is 19.5 Å². The van der Waals surface area contributed by atoms with Crippen LogP contribution in [0.4, 0.5) is 0 Å². The molecule has 0 aromatic heterocycles. The molecule has 2 N–H and O–H groups in total. The van der Waals surface area contributed by atoms with Crippen LogP contribution in [0, 0.1) is 5.92 Å². The van der Waals surface area contributed by atoms with Gasteiger partial charge in [0.2, 0.25) is 0 Å². The number of hydrogen-bond donors (Lipinski definition) is 2. The maximum absolute atomic E-state index is 12.3. The third-order valence-corrected chi connectivity index (χ3v) is 3.94. The van der Waals surface area contributed by atoms with E-state index in [0.717, 1.165) is 19.6 Å². The Morgan fingerprint density at radius 1 is 1.12 bits per heavy atom. The van der Waals surface area contributed by atoms with Crippen molar-refractivity contribution in [2.75, 3.05) is 39.9 Å². The van der Waals surface area contributed by atoms with Gasteiger partial charge in [0, 0.05) is 39.9 Å². The Hall–Kier alpha value is -2.41. The summed E-state index contributed by atoms with van der Waals surface area (Å²) < 4.78 is 5.53. The first-order valence-electron chi connectivity index (χ1n) is 9.02. The smallest absolute Gasteiger partial charge is 0.261 e. The van der Waals surface area contributed by atoms with Gasteiger partial charge in [0.1, 0.15) is 0 Å². The van der Waals surface area contributed by atoms with Crippen LogP contribution in [0.5, 0.6) is 0 Å². The lowest BCUT2D eigenvalue weighted by Crippen LogP contribution is -2.43. The molecule has 26 heavy (non-hydrogen) atoms. The van der Waals surface area contributed by atoms with Gasteiger partial charge in [0.15, 0.2) is 5.96 Å². The number of carbonyl (C=O) groups is 2. The number of guanidine groups is 1. The predicted octanol–water partition coefficient (Wildman–Crippen LogP) is 1.51. The summed E-state index contributed by atoms with van der Waals surface area (Å²) in [6.07, 6.45) is 0.881. The van der Waals surface area contributed by atoms with Gasteiger partial charge < -0.3 is 15.4 Å². The molecule has 1 aromatic rings. The molecule has 0 unspecified atom stereocenters. The summed E-state index contributed by atoms with van der Waals surface area (Å²) >= 11 is 0. The van der Waals surface area contributed by atoms with Crippen LogP contribution in [-0.4, -0.2) is 62.6 Å². The number of carbonyl (C=O) groups excluding carboxylic acids is 2. The van der Waals surface area contributed by atoms with Crippen LogP contribution in [0.25, 0.3) is 0 Å². The van der Waals surface area contributed by atoms with E-state index < -0.39 is 0 Å². The molecular formula is C19H28N4O3. The van der Waals surface area contributed by atoms with E-state index in [4.69, 9.17) is 4.74 Å². The number of amides is 2. The number of ether oxygens (including phenoxy) is 1. The Balaban J connectivity index is 1.68. The Morgan fingerprint density at radius 3 is 2.31 bits per heavy atom. The number of imide groups is 1. The number of nitrogens with one attached hydrogen (secondary N) is 2. The lowest BCUT2D eigenvalue weighted by atomic mass is 10.1. The van der Waals surface area contributed by atoms with Crippen molar-refractivity contribution >= 4 is 17.8 Å². The summed E-state index contributed by atoms with van der Waals surface area (Å²) in [6, 6.07) is 6.90. The minimum absolute atomic E-state index is 0.238. The largest absolute Gasteiger partial charge is 0.381 e. The van der Waals surface area contributed by atoms with Crippen molar-refractivity contribution < 1.29 is 14.3 Å². The van der Waals surface area contributed by atoms with Crippen molar-refractivity contribution in [3.63, 3.8) is 0 Å². The molecule has 0 bridgehead atoms. The molecule has 1 aliphatic heterocycles. The number of nitrogens with zero attached hydrogens (tertiary/aromatic N) is 2. The summed E-state index contributed by atoms with van der Waals surface area (Å²) in [5.41, 5.74) is 0.947. The molecule has 7 nitrogen and oxygen atoms in total. The van der Waals surface area contributed by atoms with E-state index in [1.807, 2.05) is 0 Å². The van der Waals surface area contributed by atoms with E-state index in [1.165, 1.54) is 4.90 Å². The highest BCUT2D eigenvalue weighted by Gasteiger charge is 2.34. The molecule has 0 atom stereocenters. The molecule has 0 saturated carbocycles. The second-order valence-electron chi connectivity index (χ2n) is 6.56. The van der Waals surface area contributed by atoms with Crippen LogP contribution in [0.15, 0.2) is 29.3 Å². The zero-order valence-electron chi connectivity index (χ0n) is 15.7. The fraction of sp³-hybridized carbons (Fsp3) is 0.526. The number of benzene rings is 1. The van der Waals surface area contributed by atoms with Crippen molar-refractivity contribution in [1.29, 1.82) is 0 Å². The van der Waals surface area contributed by atoms with Crippen LogP contribution < -0.4 is 10.6 Å². The van der Waals surface area contributed by atoms with Crippen molar-refractivity contribution in [2.24, 2.45) is 10.9 Å². The highest BCUT2D eigenvalue weighted by atomic mass is 16.5. The Bertz CT molecular complexity index is 623. The summed E-state index contributed by atoms with van der Waals surface area (Å²) in [6.45, 7) is 7.20. The first-order valence-corrected chi connectivity index (χ1v) is 9.02. The molecule has 1 heterocycles. The molecule has 0 fully saturated rings. The van der Waals surface area contributed by atoms with Crippen LogP contribution in [0.3, 0.4) is 0 Å². The monoisotopic (exact) mass is 360 g/mol. The minimum atomic E-state index is -0.238. The Morgan fingerprint density at radius 2 is 1.73 bits per heavy atom. The molecule has 0 saturated heterocycles. The SMILES string of the molecule is CN=C(NCCCOCC(C)C)NCCN1C(=O)c2ccccc2C1=O. The molecule has 1 aromatic carbocycles. The van der Waals surface area contributed by atoms with Gasteiger partial charge in [-0.15, -0.1) is 0 Å². The second kappa shape index (κ2) is 9.91. The molecule has 1 aliphatic rings. The highest BCUT2D eigenvalue weighted by molar-refractivity contribution is 6.21. The van der Waals surface area contributed by atoms with Crippen molar-refractivity contribution in [3.05, 3.63) is 35.4 Å². The van der Waals surface area contributed by atoms with Gasteiger partial charge in [0.05, 0.1) is 11.1 Å². The van der Waals surface area contributed by atoms with E-state index in [0.29, 0.717) is 42.7 Å². The summed E-state index contributed by atoms with van der Waals surface area (Å²) in [4.78, 5) is 30.0. The van der Waals surface area contributed by atoms with Crippen LogP contribution in [-0.2, 0) is 4.74 Å². The lowest BCUT2D eigenvalue weighted by molar-refractivity contribution is 0.0657. The number of rotatable bonds is 9. The first kappa shape index (κ1) is 19.9. The summed E-state index contributed by atoms with van der Waals surface area (Å²) in [5, 5.41) is 6.32. The molecule has 7 heteroatoms. The molecule has 2 amide bonds. The van der Waals surface area contributed by atoms with Crippen LogP contribution in [0.2, 0.25) is 0 Å². The third-order valence-electron chi connectivity index (χ3n) is 3.94. The molecule has 0 aliphatic carbocycles. The fourth-order valence-electron chi connectivity index (χ4n) is 2.65. The zero-order chi connectivity index (χ0) is 18.9. The molecule has 0 spiro atoms. The van der Waals surface area contributed by atoms with Gasteiger partial charge in [-0.1, -0.05) is 26.0 Å². The number of fused-ring (bicyclic) bond motifs is 1. The fourth-order valence-corrected chi connectivity index (χ4v) is 2.65. The molecular weight excluding hydrogens is 332 g/mol. The first-order chi connectivity index (χ1) is 12.5. The van der Waals surface area contributed by atoms with E-state index >= 15 is 0 Å². The van der Waals surface area contributed by atoms with E-state index in [9.17, 15) is 9.59 Å². The Labute approximate surface area is 154 Å². The van der Waals surface area contributed by atoms with Gasteiger partial charge in [-0.05, 0) is 24.5 Å². The van der Waals surface area contributed by atoms with Gasteiger partial charge >= 0.3 is 0 Å². The van der Waals surface area contributed by atoms with Crippen molar-refractivity contribution in [1.82, 2.24) is 15.5 Å². The lowest BCUT2D eigenvalue weighted by Gasteiger charge is -2.16. The number of aliphatic imine (C=N–C) groups is 1. The highest BCUT2D eigenvalue weighted by Crippen LogP contribution is 2.21. The minimum Gasteiger partial charge on any atom is -0.381 e. The van der Waals surface area contributed by atoms with Crippen molar-refractivity contribution in [3.8, 4) is 0 Å². The van der Waals surface area contributed by atoms with Crippen molar-refractivity contribution in [2.45, 2.75) is 20.3 Å². The quantitative estimate of drug-likeness (QED) is 0.302. The average Bonchev–Trinajstić information content (AvgIpc) is 2.87. The summed E-state index contributed by atoms with van der Waals surface area (Å²) in [5.74, 6) is 0.709. The van der Waals surface area contributed by atoms with E-state index in [-0.39, 0.29) is 11.8 Å². The van der Waals surface area contributed by atoms with E-state index in [1.54, 1.807) is 31.3 Å². The van der Waals surface area contributed by atoms with Gasteiger partial charge in [-0.2, -0.15) is 0 Å². The standard InChI is InChI=1S/C19H28N4O3/c1-14(2)13-26-12-6-9-21-19(20-3)22-10-11-23-17(24)15-7-4-5-8-16(15)18(23)25/h4-5,7-8,14H,6,9-13H2,1-3H3,(H2,20,21,22). The third kappa shape index (κ3) is 5.29. The predicted molar refractivity (Wildman–Crippen MR) is 101 cm³/mol. The maximum Gasteiger partial charge on any atom is 0.261 e. The second-order valence-corrected chi connectivity index (χ2v) is 6.56. The van der Waals surface area contributed by atoms with Crippen LogP contribution in [0.1, 0.15) is 41.0 Å².